The van der Waals surface area contributed by atoms with Crippen molar-refractivity contribution in [2.45, 2.75) is 25.8 Å². The van der Waals surface area contributed by atoms with E-state index in [0.717, 1.165) is 0 Å². The van der Waals surface area contributed by atoms with Gasteiger partial charge in [-0.05, 0) is 25.7 Å². The second kappa shape index (κ2) is 4.29. The molecule has 3 heteroatoms. The molecule has 0 radical (unpaired) electrons. The summed E-state index contributed by atoms with van der Waals surface area (Å²) in [6.45, 7) is 2.55. The van der Waals surface area contributed by atoms with Crippen molar-refractivity contribution in [3.63, 3.8) is 0 Å². The lowest BCUT2D eigenvalue weighted by Gasteiger charge is -2.25. The van der Waals surface area contributed by atoms with Crippen LogP contribution in [0.2, 0.25) is 0 Å². The molecule has 3 nitrogen and oxygen atoms in total. The molecule has 13 heavy (non-hydrogen) atoms. The molecule has 0 heterocycles. The van der Waals surface area contributed by atoms with Crippen LogP contribution in [0.15, 0.2) is 0 Å². The van der Waals surface area contributed by atoms with Crippen LogP contribution in [0.25, 0.3) is 0 Å². The van der Waals surface area contributed by atoms with Gasteiger partial charge in [-0.3, -0.25) is 9.69 Å². The number of carbonyl (C=O) groups is 1. The average molecular weight is 181 g/mol. The fourth-order valence-corrected chi connectivity index (χ4v) is 1.51. The summed E-state index contributed by atoms with van der Waals surface area (Å²) < 4.78 is 0. The van der Waals surface area contributed by atoms with Crippen LogP contribution in [-0.2, 0) is 4.79 Å². The molecule has 1 N–H and O–H groups in total. The van der Waals surface area contributed by atoms with Gasteiger partial charge in [0, 0.05) is 6.04 Å². The molecule has 1 atom stereocenters. The summed E-state index contributed by atoms with van der Waals surface area (Å²) in [4.78, 5) is 12.4. The van der Waals surface area contributed by atoms with Gasteiger partial charge in [0.2, 0.25) is 0 Å². The molecule has 0 amide bonds. The number of aliphatic carboxylic acids is 1. The van der Waals surface area contributed by atoms with Gasteiger partial charge in [-0.1, -0.05) is 5.92 Å². The summed E-state index contributed by atoms with van der Waals surface area (Å²) in [7, 11) is 0. The number of rotatable bonds is 5. The lowest BCUT2D eigenvalue weighted by atomic mass is 10.2. The second-order valence-electron chi connectivity index (χ2n) is 3.58. The summed E-state index contributed by atoms with van der Waals surface area (Å²) >= 11 is 0. The van der Waals surface area contributed by atoms with Crippen molar-refractivity contribution in [3.8, 4) is 12.3 Å². The monoisotopic (exact) mass is 181 g/mol. The highest BCUT2D eigenvalue weighted by Gasteiger charge is 2.32. The minimum atomic E-state index is -0.803. The predicted octanol–water partition coefficient (Wildman–Crippen LogP) is 0.805. The standard InChI is InChI=1S/C10H15NO2/c1-3-6-11(7-10(12)13)8(2)9-4-5-9/h1,8-9H,4-7H2,2H3,(H,12,13). The normalized spacial score (nSPS) is 18.2. The highest BCUT2D eigenvalue weighted by Crippen LogP contribution is 2.34. The molecular formula is C10H15NO2. The van der Waals surface area contributed by atoms with E-state index in [1.807, 2.05) is 4.90 Å². The Labute approximate surface area is 78.7 Å². The largest absolute Gasteiger partial charge is 0.480 e. The molecule has 72 valence electrons. The Morgan fingerprint density at radius 2 is 2.38 bits per heavy atom. The van der Waals surface area contributed by atoms with E-state index in [9.17, 15) is 4.79 Å². The van der Waals surface area contributed by atoms with Crippen molar-refractivity contribution in [1.29, 1.82) is 0 Å². The molecule has 0 aromatic carbocycles. The highest BCUT2D eigenvalue weighted by molar-refractivity contribution is 5.69. The first kappa shape index (κ1) is 10.1. The maximum Gasteiger partial charge on any atom is 0.317 e. The van der Waals surface area contributed by atoms with Crippen molar-refractivity contribution >= 4 is 5.97 Å². The smallest absolute Gasteiger partial charge is 0.317 e. The lowest BCUT2D eigenvalue weighted by Crippen LogP contribution is -2.38. The lowest BCUT2D eigenvalue weighted by molar-refractivity contribution is -0.138. The first-order chi connectivity index (χ1) is 6.15. The summed E-state index contributed by atoms with van der Waals surface area (Å²) in [6.07, 6.45) is 7.60. The second-order valence-corrected chi connectivity index (χ2v) is 3.58. The zero-order valence-corrected chi connectivity index (χ0v) is 7.86. The molecule has 0 bridgehead atoms. The van der Waals surface area contributed by atoms with Gasteiger partial charge in [0.25, 0.3) is 0 Å². The first-order valence-electron chi connectivity index (χ1n) is 4.54. The summed E-state index contributed by atoms with van der Waals surface area (Å²) in [5, 5.41) is 8.65. The minimum Gasteiger partial charge on any atom is -0.480 e. The van der Waals surface area contributed by atoms with Gasteiger partial charge in [-0.15, -0.1) is 6.42 Å². The molecule has 0 aliphatic heterocycles. The number of carboxylic acids is 1. The van der Waals surface area contributed by atoms with Crippen molar-refractivity contribution in [2.24, 2.45) is 5.92 Å². The third kappa shape index (κ3) is 3.08. The molecule has 1 unspecified atom stereocenters. The van der Waals surface area contributed by atoms with Crippen LogP contribution < -0.4 is 0 Å². The Morgan fingerprint density at radius 3 is 2.77 bits per heavy atom. The van der Waals surface area contributed by atoms with Gasteiger partial charge in [-0.25, -0.2) is 0 Å². The Balaban J connectivity index is 2.45. The first-order valence-corrected chi connectivity index (χ1v) is 4.54. The molecule has 1 aliphatic carbocycles. The van der Waals surface area contributed by atoms with Gasteiger partial charge in [0.15, 0.2) is 0 Å². The quantitative estimate of drug-likeness (QED) is 0.638. The van der Waals surface area contributed by atoms with Gasteiger partial charge < -0.3 is 5.11 Å². The Bertz CT molecular complexity index is 228. The van der Waals surface area contributed by atoms with E-state index in [1.165, 1.54) is 12.8 Å². The van der Waals surface area contributed by atoms with E-state index < -0.39 is 5.97 Å². The van der Waals surface area contributed by atoms with Crippen molar-refractivity contribution in [2.75, 3.05) is 13.1 Å². The summed E-state index contributed by atoms with van der Waals surface area (Å²) in [5.74, 6) is 2.36. The van der Waals surface area contributed by atoms with Gasteiger partial charge >= 0.3 is 5.97 Å². The van der Waals surface area contributed by atoms with Crippen molar-refractivity contribution in [1.82, 2.24) is 4.90 Å². The van der Waals surface area contributed by atoms with Crippen LogP contribution in [0, 0.1) is 18.3 Å². The van der Waals surface area contributed by atoms with Crippen LogP contribution >= 0.6 is 0 Å². The SMILES string of the molecule is C#CCN(CC(=O)O)C(C)C1CC1. The third-order valence-electron chi connectivity index (χ3n) is 2.51. The number of terminal acetylenes is 1. The van der Waals surface area contributed by atoms with Crippen molar-refractivity contribution < 1.29 is 9.90 Å². The number of nitrogens with zero attached hydrogens (tertiary/aromatic N) is 1. The molecule has 0 saturated heterocycles. The topological polar surface area (TPSA) is 40.5 Å². The van der Waals surface area contributed by atoms with Crippen LogP contribution in [0.5, 0.6) is 0 Å². The van der Waals surface area contributed by atoms with E-state index in [1.54, 1.807) is 0 Å². The molecule has 0 aromatic heterocycles. The predicted molar refractivity (Wildman–Crippen MR) is 50.2 cm³/mol. The van der Waals surface area contributed by atoms with Gasteiger partial charge in [0.05, 0.1) is 13.1 Å². The number of carboxylic acid groups (broad SMARTS) is 1. The van der Waals surface area contributed by atoms with E-state index in [4.69, 9.17) is 11.5 Å². The Hall–Kier alpha value is -1.01. The summed E-state index contributed by atoms with van der Waals surface area (Å²) in [5.41, 5.74) is 0. The van der Waals surface area contributed by atoms with E-state index in [0.29, 0.717) is 18.5 Å². The molecule has 0 spiro atoms. The third-order valence-corrected chi connectivity index (χ3v) is 2.51. The summed E-state index contributed by atoms with van der Waals surface area (Å²) in [6, 6.07) is 0.312. The maximum absolute atomic E-state index is 10.5. The Kier molecular flexibility index (Phi) is 3.32. The maximum atomic E-state index is 10.5. The van der Waals surface area contributed by atoms with E-state index in [2.05, 4.69) is 12.8 Å². The Morgan fingerprint density at radius 1 is 1.77 bits per heavy atom. The van der Waals surface area contributed by atoms with Gasteiger partial charge in [0.1, 0.15) is 0 Å². The fraction of sp³-hybridized carbons (Fsp3) is 0.700. The van der Waals surface area contributed by atoms with Crippen molar-refractivity contribution in [3.05, 3.63) is 0 Å². The zero-order valence-electron chi connectivity index (χ0n) is 7.86. The van der Waals surface area contributed by atoms with Crippen LogP contribution in [-0.4, -0.2) is 35.1 Å². The molecule has 1 aliphatic rings. The average Bonchev–Trinajstić information content (AvgIpc) is 2.84. The van der Waals surface area contributed by atoms with Gasteiger partial charge in [-0.2, -0.15) is 0 Å². The van der Waals surface area contributed by atoms with Crippen LogP contribution in [0.4, 0.5) is 0 Å². The molecular weight excluding hydrogens is 166 g/mol. The highest BCUT2D eigenvalue weighted by atomic mass is 16.4. The molecule has 0 aromatic rings. The molecule has 1 rings (SSSR count). The van der Waals surface area contributed by atoms with E-state index in [-0.39, 0.29) is 6.54 Å². The molecule has 1 saturated carbocycles. The number of hydrogen-bond donors (Lipinski definition) is 1. The minimum absolute atomic E-state index is 0.0574. The number of hydrogen-bond acceptors (Lipinski definition) is 2. The van der Waals surface area contributed by atoms with Crippen LogP contribution in [0.3, 0.4) is 0 Å². The van der Waals surface area contributed by atoms with E-state index >= 15 is 0 Å². The van der Waals surface area contributed by atoms with Crippen LogP contribution in [0.1, 0.15) is 19.8 Å². The fourth-order valence-electron chi connectivity index (χ4n) is 1.51. The molecule has 1 fully saturated rings. The zero-order chi connectivity index (χ0) is 9.84.